The van der Waals surface area contributed by atoms with Gasteiger partial charge in [-0.05, 0) is 41.0 Å². The van der Waals surface area contributed by atoms with Crippen LogP contribution in [0.25, 0.3) is 11.1 Å². The van der Waals surface area contributed by atoms with Gasteiger partial charge in [-0.2, -0.15) is 0 Å². The monoisotopic (exact) mass is 480 g/mol. The number of methoxy groups -OCH3 is 1. The van der Waals surface area contributed by atoms with E-state index in [9.17, 15) is 19.5 Å². The Morgan fingerprint density at radius 1 is 1.00 bits per heavy atom. The summed E-state index contributed by atoms with van der Waals surface area (Å²) < 4.78 is 10.5. The second-order valence-electron chi connectivity index (χ2n) is 9.21. The van der Waals surface area contributed by atoms with E-state index in [0.29, 0.717) is 13.0 Å². The third-order valence-electron chi connectivity index (χ3n) is 7.05. The summed E-state index contributed by atoms with van der Waals surface area (Å²) in [4.78, 5) is 36.7. The van der Waals surface area contributed by atoms with Crippen molar-refractivity contribution in [2.75, 3.05) is 26.9 Å². The lowest BCUT2D eigenvalue weighted by atomic mass is 9.78. The average molecular weight is 481 g/mol. The zero-order chi connectivity index (χ0) is 24.8. The highest BCUT2D eigenvalue weighted by Crippen LogP contribution is 2.44. The second-order valence-corrected chi connectivity index (χ2v) is 9.21. The largest absolute Gasteiger partial charge is 0.480 e. The molecule has 1 fully saturated rings. The van der Waals surface area contributed by atoms with Gasteiger partial charge in [0, 0.05) is 25.5 Å². The summed E-state index contributed by atoms with van der Waals surface area (Å²) in [6, 6.07) is 15.2. The molecule has 1 saturated carbocycles. The summed E-state index contributed by atoms with van der Waals surface area (Å²) in [6.45, 7) is 0.430. The smallest absolute Gasteiger partial charge is 0.407 e. The number of hydrogen-bond donors (Lipinski definition) is 3. The van der Waals surface area contributed by atoms with Gasteiger partial charge in [-0.3, -0.25) is 4.79 Å². The number of ether oxygens (including phenoxy) is 2. The highest BCUT2D eigenvalue weighted by molar-refractivity contribution is 5.85. The molecule has 0 aliphatic heterocycles. The first-order valence-electron chi connectivity index (χ1n) is 12.1. The molecule has 4 rings (SSSR count). The molecule has 35 heavy (non-hydrogen) atoms. The molecule has 3 atom stereocenters. The molecule has 2 aromatic carbocycles. The zero-order valence-electron chi connectivity index (χ0n) is 19.9. The van der Waals surface area contributed by atoms with Crippen molar-refractivity contribution in [1.29, 1.82) is 0 Å². The van der Waals surface area contributed by atoms with Crippen LogP contribution in [-0.2, 0) is 19.1 Å². The van der Waals surface area contributed by atoms with Crippen LogP contribution in [0.2, 0.25) is 0 Å². The summed E-state index contributed by atoms with van der Waals surface area (Å²) in [5.41, 5.74) is 4.63. The first-order chi connectivity index (χ1) is 17.0. The van der Waals surface area contributed by atoms with Crippen LogP contribution in [-0.4, -0.2) is 56.0 Å². The predicted octanol–water partition coefficient (Wildman–Crippen LogP) is 3.55. The summed E-state index contributed by atoms with van der Waals surface area (Å²) in [7, 11) is 1.39. The Hall–Kier alpha value is -3.39. The van der Waals surface area contributed by atoms with E-state index in [1.54, 1.807) is 0 Å². The topological polar surface area (TPSA) is 114 Å². The SMILES string of the molecule is COC[C@H](NC(=O)C1CCCCC1CNC(=O)OCC1c2ccccc2-c2ccccc21)C(=O)O. The van der Waals surface area contributed by atoms with Crippen molar-refractivity contribution in [1.82, 2.24) is 10.6 Å². The van der Waals surface area contributed by atoms with Crippen molar-refractivity contribution in [2.45, 2.75) is 37.6 Å². The number of nitrogens with one attached hydrogen (secondary N) is 2. The normalized spacial score (nSPS) is 19.8. The lowest BCUT2D eigenvalue weighted by Crippen LogP contribution is -2.49. The van der Waals surface area contributed by atoms with Crippen LogP contribution in [0.5, 0.6) is 0 Å². The molecule has 2 unspecified atom stereocenters. The maximum Gasteiger partial charge on any atom is 0.407 e. The van der Waals surface area contributed by atoms with Gasteiger partial charge in [-0.25, -0.2) is 9.59 Å². The summed E-state index contributed by atoms with van der Waals surface area (Å²) in [6.07, 6.45) is 2.77. The number of fused-ring (bicyclic) bond motifs is 3. The lowest BCUT2D eigenvalue weighted by molar-refractivity contribution is -0.144. The minimum absolute atomic E-state index is 0.0184. The number of aliphatic carboxylic acids is 1. The molecule has 3 N–H and O–H groups in total. The van der Waals surface area contributed by atoms with Crippen molar-refractivity contribution >= 4 is 18.0 Å². The first kappa shape index (κ1) is 24.7. The summed E-state index contributed by atoms with van der Waals surface area (Å²) >= 11 is 0. The Kier molecular flexibility index (Phi) is 8.02. The van der Waals surface area contributed by atoms with E-state index in [-0.39, 0.29) is 36.9 Å². The lowest BCUT2D eigenvalue weighted by Gasteiger charge is -2.31. The highest BCUT2D eigenvalue weighted by Gasteiger charge is 2.34. The fourth-order valence-corrected chi connectivity index (χ4v) is 5.28. The van der Waals surface area contributed by atoms with Crippen LogP contribution in [0.3, 0.4) is 0 Å². The van der Waals surface area contributed by atoms with Gasteiger partial charge in [0.15, 0.2) is 6.04 Å². The van der Waals surface area contributed by atoms with E-state index < -0.39 is 18.1 Å². The molecule has 0 saturated heterocycles. The Balaban J connectivity index is 1.32. The quantitative estimate of drug-likeness (QED) is 0.506. The number of carbonyl (C=O) groups is 3. The van der Waals surface area contributed by atoms with E-state index >= 15 is 0 Å². The van der Waals surface area contributed by atoms with Gasteiger partial charge < -0.3 is 25.2 Å². The fraction of sp³-hybridized carbons (Fsp3) is 0.444. The molecule has 186 valence electrons. The van der Waals surface area contributed by atoms with Crippen molar-refractivity contribution in [3.05, 3.63) is 59.7 Å². The van der Waals surface area contributed by atoms with Crippen molar-refractivity contribution in [3.8, 4) is 11.1 Å². The number of benzene rings is 2. The molecule has 0 radical (unpaired) electrons. The molecule has 0 aromatic heterocycles. The Bertz CT molecular complexity index is 1030. The third kappa shape index (κ3) is 5.65. The standard InChI is InChI=1S/C27H32N2O6/c1-34-16-24(26(31)32)29-25(30)18-9-3-2-8-17(18)14-28-27(33)35-15-23-21-12-6-4-10-19(21)20-11-5-7-13-22(20)23/h4-7,10-13,17-18,23-24H,2-3,8-9,14-16H2,1H3,(H,28,33)(H,29,30)(H,31,32)/t17?,18?,24-/m0/s1. The predicted molar refractivity (Wildman–Crippen MR) is 130 cm³/mol. The van der Waals surface area contributed by atoms with Crippen LogP contribution in [0, 0.1) is 11.8 Å². The number of carboxylic acids is 1. The highest BCUT2D eigenvalue weighted by atomic mass is 16.5. The summed E-state index contributed by atoms with van der Waals surface area (Å²) in [5.74, 6) is -1.91. The first-order valence-corrected chi connectivity index (χ1v) is 12.1. The molecule has 8 nitrogen and oxygen atoms in total. The van der Waals surface area contributed by atoms with E-state index in [2.05, 4.69) is 34.9 Å². The molecule has 2 amide bonds. The minimum Gasteiger partial charge on any atom is -0.480 e. The molecule has 0 bridgehead atoms. The Morgan fingerprint density at radius 2 is 1.63 bits per heavy atom. The van der Waals surface area contributed by atoms with E-state index in [4.69, 9.17) is 9.47 Å². The molecule has 0 spiro atoms. The molecule has 0 heterocycles. The van der Waals surface area contributed by atoms with E-state index in [0.717, 1.165) is 30.4 Å². The minimum atomic E-state index is -1.13. The summed E-state index contributed by atoms with van der Waals surface area (Å²) in [5, 5.41) is 14.7. The van der Waals surface area contributed by atoms with Crippen molar-refractivity contribution < 1.29 is 29.0 Å². The maximum atomic E-state index is 12.8. The van der Waals surface area contributed by atoms with Crippen LogP contribution >= 0.6 is 0 Å². The third-order valence-corrected chi connectivity index (χ3v) is 7.05. The second kappa shape index (κ2) is 11.4. The van der Waals surface area contributed by atoms with Crippen LogP contribution in [0.15, 0.2) is 48.5 Å². The van der Waals surface area contributed by atoms with E-state index in [1.165, 1.54) is 18.2 Å². The molecular formula is C27H32N2O6. The molecule has 2 aromatic rings. The number of alkyl carbamates (subject to hydrolysis) is 1. The van der Waals surface area contributed by atoms with Crippen molar-refractivity contribution in [3.63, 3.8) is 0 Å². The molecular weight excluding hydrogens is 448 g/mol. The number of rotatable bonds is 9. The van der Waals surface area contributed by atoms with Gasteiger partial charge >= 0.3 is 12.1 Å². The van der Waals surface area contributed by atoms with Crippen LogP contribution in [0.1, 0.15) is 42.7 Å². The fourth-order valence-electron chi connectivity index (χ4n) is 5.28. The maximum absolute atomic E-state index is 12.8. The van der Waals surface area contributed by atoms with Gasteiger partial charge in [-0.15, -0.1) is 0 Å². The molecule has 2 aliphatic rings. The van der Waals surface area contributed by atoms with Gasteiger partial charge in [0.1, 0.15) is 6.61 Å². The van der Waals surface area contributed by atoms with Crippen LogP contribution < -0.4 is 10.6 Å². The number of hydrogen-bond acceptors (Lipinski definition) is 5. The van der Waals surface area contributed by atoms with Crippen molar-refractivity contribution in [2.24, 2.45) is 11.8 Å². The number of carboxylic acid groups (broad SMARTS) is 1. The Labute approximate surface area is 205 Å². The van der Waals surface area contributed by atoms with E-state index in [1.807, 2.05) is 24.3 Å². The zero-order valence-corrected chi connectivity index (χ0v) is 19.9. The number of amides is 2. The van der Waals surface area contributed by atoms with Gasteiger partial charge in [0.25, 0.3) is 0 Å². The van der Waals surface area contributed by atoms with Gasteiger partial charge in [-0.1, -0.05) is 61.4 Å². The average Bonchev–Trinajstić information content (AvgIpc) is 3.19. The van der Waals surface area contributed by atoms with Crippen LogP contribution in [0.4, 0.5) is 4.79 Å². The number of carbonyl (C=O) groups excluding carboxylic acids is 2. The molecule has 2 aliphatic carbocycles. The molecule has 8 heteroatoms. The van der Waals surface area contributed by atoms with Gasteiger partial charge in [0.2, 0.25) is 5.91 Å². The Morgan fingerprint density at radius 3 is 2.26 bits per heavy atom. The van der Waals surface area contributed by atoms with Gasteiger partial charge in [0.05, 0.1) is 6.61 Å².